The Kier molecular flexibility index (Phi) is 4.60. The van der Waals surface area contributed by atoms with Gasteiger partial charge in [0.05, 0.1) is 17.2 Å². The van der Waals surface area contributed by atoms with E-state index in [9.17, 15) is 15.4 Å². The summed E-state index contributed by atoms with van der Waals surface area (Å²) in [6.45, 7) is 5.28. The van der Waals surface area contributed by atoms with Crippen molar-refractivity contribution in [2.45, 2.75) is 26.4 Å². The fourth-order valence-electron chi connectivity index (χ4n) is 1.90. The second-order valence-corrected chi connectivity index (χ2v) is 6.06. The Bertz CT molecular complexity index is 812. The second-order valence-electron chi connectivity index (χ2n) is 6.06. The zero-order valence-corrected chi connectivity index (χ0v) is 13.5. The number of pyridine rings is 1. The van der Waals surface area contributed by atoms with Gasteiger partial charge in [0.1, 0.15) is 11.4 Å². The lowest BCUT2D eigenvalue weighted by Gasteiger charge is -2.17. The van der Waals surface area contributed by atoms with Crippen LogP contribution in [0, 0.1) is 16.5 Å². The molecule has 7 nitrogen and oxygen atoms in total. The van der Waals surface area contributed by atoms with Gasteiger partial charge in [0.15, 0.2) is 17.7 Å². The molecule has 0 amide bonds. The van der Waals surface area contributed by atoms with Crippen LogP contribution >= 0.6 is 0 Å². The van der Waals surface area contributed by atoms with Crippen LogP contribution in [0.5, 0.6) is 11.5 Å². The van der Waals surface area contributed by atoms with Gasteiger partial charge in [0.2, 0.25) is 0 Å². The number of aromatic nitrogens is 1. The molecule has 0 saturated carbocycles. The van der Waals surface area contributed by atoms with Crippen LogP contribution in [0.15, 0.2) is 41.7 Å². The summed E-state index contributed by atoms with van der Waals surface area (Å²) in [6, 6.07) is 8.75. The van der Waals surface area contributed by atoms with Crippen molar-refractivity contribution < 1.29 is 19.8 Å². The molecule has 2 N–H and O–H groups in total. The van der Waals surface area contributed by atoms with E-state index >= 15 is 0 Å². The van der Waals surface area contributed by atoms with Crippen LogP contribution in [0.2, 0.25) is 0 Å². The Morgan fingerprint density at radius 3 is 2.54 bits per heavy atom. The molecular formula is C17H17N3O4. The first-order valence-corrected chi connectivity index (χ1v) is 7.14. The van der Waals surface area contributed by atoms with Crippen molar-refractivity contribution in [3.8, 4) is 17.6 Å². The lowest BCUT2D eigenvalue weighted by atomic mass is 10.0. The molecule has 0 fully saturated rings. The lowest BCUT2D eigenvalue weighted by Crippen LogP contribution is -2.35. The van der Waals surface area contributed by atoms with Crippen molar-refractivity contribution in [3.63, 3.8) is 0 Å². The monoisotopic (exact) mass is 327 g/mol. The number of rotatable bonds is 3. The molecule has 2 rings (SSSR count). The third kappa shape index (κ3) is 3.73. The zero-order valence-electron chi connectivity index (χ0n) is 13.5. The Labute approximate surface area is 139 Å². The average molecular weight is 327 g/mol. The minimum absolute atomic E-state index is 0.0763. The molecule has 0 bridgehead atoms. The zero-order chi connectivity index (χ0) is 17.9. The van der Waals surface area contributed by atoms with E-state index in [0.29, 0.717) is 4.73 Å². The predicted molar refractivity (Wildman–Crippen MR) is 86.4 cm³/mol. The average Bonchev–Trinajstić information content (AvgIpc) is 2.50. The van der Waals surface area contributed by atoms with E-state index in [1.54, 1.807) is 20.8 Å². The highest BCUT2D eigenvalue weighted by Crippen LogP contribution is 2.25. The van der Waals surface area contributed by atoms with Crippen LogP contribution in [0.4, 0.5) is 0 Å². The van der Waals surface area contributed by atoms with Crippen molar-refractivity contribution >= 4 is 5.71 Å². The van der Waals surface area contributed by atoms with Gasteiger partial charge in [-0.3, -0.25) is 0 Å². The summed E-state index contributed by atoms with van der Waals surface area (Å²) < 4.78 is 0.415. The smallest absolute Gasteiger partial charge is 0.288 e. The van der Waals surface area contributed by atoms with Gasteiger partial charge in [-0.15, -0.1) is 0 Å². The van der Waals surface area contributed by atoms with E-state index in [4.69, 9.17) is 10.1 Å². The molecule has 0 aliphatic rings. The number of phenolic OH excluding ortho intramolecular Hbond substituents is 1. The van der Waals surface area contributed by atoms with E-state index in [1.807, 2.05) is 6.07 Å². The molecule has 0 spiro atoms. The van der Waals surface area contributed by atoms with Gasteiger partial charge in [-0.05, 0) is 45.0 Å². The molecule has 0 unspecified atom stereocenters. The molecule has 0 atom stereocenters. The van der Waals surface area contributed by atoms with Gasteiger partial charge >= 0.3 is 0 Å². The van der Waals surface area contributed by atoms with Gasteiger partial charge in [-0.1, -0.05) is 5.16 Å². The molecule has 1 heterocycles. The first-order valence-electron chi connectivity index (χ1n) is 7.14. The summed E-state index contributed by atoms with van der Waals surface area (Å²) in [5.41, 5.74) is -0.561. The summed E-state index contributed by atoms with van der Waals surface area (Å²) in [5.74, 6) is -0.529. The number of phenols is 1. The molecule has 0 aliphatic carbocycles. The lowest BCUT2D eigenvalue weighted by molar-refractivity contribution is -0.607. The summed E-state index contributed by atoms with van der Waals surface area (Å²) in [7, 11) is 0. The van der Waals surface area contributed by atoms with E-state index in [-0.39, 0.29) is 34.0 Å². The fraction of sp³-hybridized carbons (Fsp3) is 0.235. The third-order valence-corrected chi connectivity index (χ3v) is 2.95. The normalized spacial score (nSPS) is 11.8. The number of hydrogen-bond acceptors (Lipinski definition) is 6. The molecular weight excluding hydrogens is 310 g/mol. The van der Waals surface area contributed by atoms with Crippen molar-refractivity contribution in [2.75, 3.05) is 0 Å². The fourth-order valence-corrected chi connectivity index (χ4v) is 1.90. The predicted octanol–water partition coefficient (Wildman–Crippen LogP) is 2.17. The minimum Gasteiger partial charge on any atom is -0.618 e. The van der Waals surface area contributed by atoms with Crippen LogP contribution in [0.1, 0.15) is 37.6 Å². The van der Waals surface area contributed by atoms with Crippen molar-refractivity contribution in [1.82, 2.24) is 0 Å². The maximum absolute atomic E-state index is 12.1. The van der Waals surface area contributed by atoms with Crippen molar-refractivity contribution in [1.29, 1.82) is 5.26 Å². The highest BCUT2D eigenvalue weighted by atomic mass is 16.6. The number of oxime groups is 1. The molecule has 7 heteroatoms. The van der Waals surface area contributed by atoms with Gasteiger partial charge in [-0.2, -0.15) is 9.99 Å². The van der Waals surface area contributed by atoms with Crippen LogP contribution in [0.25, 0.3) is 0 Å². The Hall–Kier alpha value is -3.27. The van der Waals surface area contributed by atoms with Gasteiger partial charge in [-0.25, -0.2) is 0 Å². The number of aromatic hydroxyl groups is 2. The van der Waals surface area contributed by atoms with E-state index < -0.39 is 5.60 Å². The minimum atomic E-state index is -0.661. The third-order valence-electron chi connectivity index (χ3n) is 2.95. The van der Waals surface area contributed by atoms with E-state index in [0.717, 1.165) is 0 Å². The van der Waals surface area contributed by atoms with E-state index in [2.05, 4.69) is 5.16 Å². The maximum atomic E-state index is 12.1. The van der Waals surface area contributed by atoms with Crippen molar-refractivity contribution in [2.24, 2.45) is 5.16 Å². The number of hydrogen-bond donors (Lipinski definition) is 2. The number of benzene rings is 1. The SMILES string of the molecule is CC(C)(C)O/N=C(/c1cc(C#N)ccc1O)c1c(O)ccc[n+]1[O-]. The topological polar surface area (TPSA) is 113 Å². The number of nitrogens with zero attached hydrogens (tertiary/aromatic N) is 3. The van der Waals surface area contributed by atoms with Gasteiger partial charge in [0, 0.05) is 6.07 Å². The van der Waals surface area contributed by atoms with Crippen LogP contribution in [-0.2, 0) is 4.84 Å². The molecule has 0 saturated heterocycles. The highest BCUT2D eigenvalue weighted by molar-refractivity contribution is 6.13. The highest BCUT2D eigenvalue weighted by Gasteiger charge is 2.26. The summed E-state index contributed by atoms with van der Waals surface area (Å²) in [5, 5.41) is 45.3. The Morgan fingerprint density at radius 2 is 1.96 bits per heavy atom. The summed E-state index contributed by atoms with van der Waals surface area (Å²) >= 11 is 0. The molecule has 0 radical (unpaired) electrons. The molecule has 1 aromatic heterocycles. The molecule has 124 valence electrons. The molecule has 1 aromatic carbocycles. The van der Waals surface area contributed by atoms with Crippen molar-refractivity contribution in [3.05, 3.63) is 58.6 Å². The van der Waals surface area contributed by atoms with Crippen LogP contribution in [0.3, 0.4) is 0 Å². The van der Waals surface area contributed by atoms with Gasteiger partial charge in [0.25, 0.3) is 5.69 Å². The Morgan fingerprint density at radius 1 is 1.25 bits per heavy atom. The van der Waals surface area contributed by atoms with Crippen LogP contribution < -0.4 is 4.73 Å². The standard InChI is InChI=1S/C17H17N3O4/c1-17(2,3)24-19-15(16-14(22)5-4-8-20(16)23)12-9-11(10-18)6-7-13(12)21/h4-9,21-22H,1-3H3/b19-15-. The summed E-state index contributed by atoms with van der Waals surface area (Å²) in [6.07, 6.45) is 1.19. The van der Waals surface area contributed by atoms with Gasteiger partial charge < -0.3 is 20.3 Å². The largest absolute Gasteiger partial charge is 0.618 e. The number of nitriles is 1. The maximum Gasteiger partial charge on any atom is 0.288 e. The molecule has 2 aromatic rings. The Balaban J connectivity index is 2.72. The van der Waals surface area contributed by atoms with E-state index in [1.165, 1.54) is 36.5 Å². The molecule has 24 heavy (non-hydrogen) atoms. The second kappa shape index (κ2) is 6.46. The quantitative estimate of drug-likeness (QED) is 0.388. The first kappa shape index (κ1) is 17.1. The molecule has 0 aliphatic heterocycles. The first-order chi connectivity index (χ1) is 11.2. The summed E-state index contributed by atoms with van der Waals surface area (Å²) in [4.78, 5) is 5.37. The van der Waals surface area contributed by atoms with Crippen LogP contribution in [-0.4, -0.2) is 21.5 Å².